The second kappa shape index (κ2) is 4.66. The predicted octanol–water partition coefficient (Wildman–Crippen LogP) is 2.06. The zero-order valence-electron chi connectivity index (χ0n) is 9.81. The van der Waals surface area contributed by atoms with Crippen LogP contribution in [0.25, 0.3) is 0 Å². The molecule has 0 saturated heterocycles. The SMILES string of the molecule is Cc1ccc([C@@H](N)[C@@H](C)C2=NCCO2)cc1. The molecule has 2 N–H and O–H groups in total. The first-order valence-corrected chi connectivity index (χ1v) is 5.68. The average molecular weight is 218 g/mol. The highest BCUT2D eigenvalue weighted by Gasteiger charge is 2.23. The molecule has 2 atom stereocenters. The highest BCUT2D eigenvalue weighted by Crippen LogP contribution is 2.22. The Hall–Kier alpha value is -1.35. The van der Waals surface area contributed by atoms with E-state index in [2.05, 4.69) is 43.1 Å². The highest BCUT2D eigenvalue weighted by atomic mass is 16.5. The van der Waals surface area contributed by atoms with Crippen LogP contribution in [0.15, 0.2) is 29.3 Å². The molecular formula is C13H18N2O. The number of aryl methyl sites for hydroxylation is 1. The summed E-state index contributed by atoms with van der Waals surface area (Å²) in [5.74, 6) is 0.943. The van der Waals surface area contributed by atoms with Gasteiger partial charge in [-0.25, -0.2) is 0 Å². The fourth-order valence-electron chi connectivity index (χ4n) is 1.86. The van der Waals surface area contributed by atoms with E-state index >= 15 is 0 Å². The first kappa shape index (κ1) is 11.1. The van der Waals surface area contributed by atoms with Crippen LogP contribution in [0.1, 0.15) is 24.1 Å². The minimum absolute atomic E-state index is 0.0440. The molecule has 0 bridgehead atoms. The van der Waals surface area contributed by atoms with Crippen LogP contribution in [0.4, 0.5) is 0 Å². The molecule has 0 unspecified atom stereocenters. The van der Waals surface area contributed by atoms with Gasteiger partial charge in [0.25, 0.3) is 0 Å². The number of benzene rings is 1. The van der Waals surface area contributed by atoms with Crippen molar-refractivity contribution in [2.75, 3.05) is 13.2 Å². The lowest BCUT2D eigenvalue weighted by molar-refractivity contribution is 0.316. The average Bonchev–Trinajstić information content (AvgIpc) is 2.81. The molecule has 0 saturated carbocycles. The summed E-state index contributed by atoms with van der Waals surface area (Å²) in [6, 6.07) is 8.27. The third kappa shape index (κ3) is 2.25. The third-order valence-corrected chi connectivity index (χ3v) is 3.00. The van der Waals surface area contributed by atoms with Gasteiger partial charge in [0.2, 0.25) is 0 Å². The van der Waals surface area contributed by atoms with Gasteiger partial charge in [-0.05, 0) is 12.5 Å². The van der Waals surface area contributed by atoms with Gasteiger partial charge in [-0.2, -0.15) is 0 Å². The Balaban J connectivity index is 2.11. The number of nitrogens with two attached hydrogens (primary N) is 1. The van der Waals surface area contributed by atoms with Crippen LogP contribution in [0.3, 0.4) is 0 Å². The van der Waals surface area contributed by atoms with Crippen molar-refractivity contribution < 1.29 is 4.74 Å². The Morgan fingerprint density at radius 1 is 1.31 bits per heavy atom. The van der Waals surface area contributed by atoms with Gasteiger partial charge in [0, 0.05) is 6.04 Å². The summed E-state index contributed by atoms with van der Waals surface area (Å²) < 4.78 is 5.45. The van der Waals surface area contributed by atoms with E-state index in [-0.39, 0.29) is 12.0 Å². The molecule has 0 spiro atoms. The molecular weight excluding hydrogens is 200 g/mol. The van der Waals surface area contributed by atoms with E-state index in [9.17, 15) is 0 Å². The topological polar surface area (TPSA) is 47.6 Å². The molecule has 1 aliphatic heterocycles. The van der Waals surface area contributed by atoms with E-state index in [1.807, 2.05) is 0 Å². The number of rotatable bonds is 3. The number of nitrogens with zero attached hydrogens (tertiary/aromatic N) is 1. The van der Waals surface area contributed by atoms with Crippen molar-refractivity contribution >= 4 is 5.90 Å². The van der Waals surface area contributed by atoms with Gasteiger partial charge in [0.15, 0.2) is 5.90 Å². The molecule has 0 fully saturated rings. The van der Waals surface area contributed by atoms with Crippen LogP contribution < -0.4 is 5.73 Å². The van der Waals surface area contributed by atoms with Gasteiger partial charge in [0.1, 0.15) is 6.61 Å². The van der Waals surface area contributed by atoms with Gasteiger partial charge in [-0.1, -0.05) is 36.8 Å². The summed E-state index contributed by atoms with van der Waals surface area (Å²) in [6.45, 7) is 5.60. The van der Waals surface area contributed by atoms with E-state index in [0.717, 1.165) is 18.0 Å². The molecule has 1 aromatic rings. The van der Waals surface area contributed by atoms with Crippen molar-refractivity contribution in [3.05, 3.63) is 35.4 Å². The molecule has 86 valence electrons. The third-order valence-electron chi connectivity index (χ3n) is 3.00. The van der Waals surface area contributed by atoms with E-state index in [4.69, 9.17) is 10.5 Å². The second-order valence-electron chi connectivity index (χ2n) is 4.29. The van der Waals surface area contributed by atoms with Crippen LogP contribution in [-0.4, -0.2) is 19.0 Å². The van der Waals surface area contributed by atoms with Gasteiger partial charge in [-0.15, -0.1) is 0 Å². The Morgan fingerprint density at radius 2 is 2.00 bits per heavy atom. The van der Waals surface area contributed by atoms with Crippen molar-refractivity contribution in [3.8, 4) is 0 Å². The van der Waals surface area contributed by atoms with Gasteiger partial charge in [-0.3, -0.25) is 4.99 Å². The summed E-state index contributed by atoms with van der Waals surface area (Å²) in [4.78, 5) is 4.31. The Labute approximate surface area is 96.3 Å². The fraction of sp³-hybridized carbons (Fsp3) is 0.462. The number of hydrogen-bond acceptors (Lipinski definition) is 3. The summed E-state index contributed by atoms with van der Waals surface area (Å²) in [7, 11) is 0. The van der Waals surface area contributed by atoms with Gasteiger partial charge >= 0.3 is 0 Å². The maximum Gasteiger partial charge on any atom is 0.188 e. The van der Waals surface area contributed by atoms with Crippen LogP contribution in [0, 0.1) is 12.8 Å². The van der Waals surface area contributed by atoms with Crippen molar-refractivity contribution in [2.24, 2.45) is 16.6 Å². The second-order valence-corrected chi connectivity index (χ2v) is 4.29. The minimum atomic E-state index is -0.0440. The standard InChI is InChI=1S/C13H18N2O/c1-9-3-5-11(6-4-9)12(14)10(2)13-15-7-8-16-13/h3-6,10,12H,7-8,14H2,1-2H3/t10-,12+/m1/s1. The predicted molar refractivity (Wildman–Crippen MR) is 65.5 cm³/mol. The number of ether oxygens (including phenoxy) is 1. The van der Waals surface area contributed by atoms with Crippen LogP contribution in [-0.2, 0) is 4.74 Å². The van der Waals surface area contributed by atoms with E-state index in [1.165, 1.54) is 5.56 Å². The molecule has 0 aliphatic carbocycles. The van der Waals surface area contributed by atoms with Crippen molar-refractivity contribution in [1.82, 2.24) is 0 Å². The lowest BCUT2D eigenvalue weighted by Gasteiger charge is -2.19. The lowest BCUT2D eigenvalue weighted by atomic mass is 9.94. The van der Waals surface area contributed by atoms with E-state index in [0.29, 0.717) is 6.61 Å². The van der Waals surface area contributed by atoms with Gasteiger partial charge in [0.05, 0.1) is 12.5 Å². The van der Waals surface area contributed by atoms with Crippen LogP contribution in [0.2, 0.25) is 0 Å². The summed E-state index contributed by atoms with van der Waals surface area (Å²) in [6.07, 6.45) is 0. The molecule has 0 radical (unpaired) electrons. The molecule has 3 heteroatoms. The summed E-state index contributed by atoms with van der Waals surface area (Å²) >= 11 is 0. The number of aliphatic imine (C=N–C) groups is 1. The molecule has 16 heavy (non-hydrogen) atoms. The first-order chi connectivity index (χ1) is 7.68. The Morgan fingerprint density at radius 3 is 2.56 bits per heavy atom. The highest BCUT2D eigenvalue weighted by molar-refractivity contribution is 5.80. The molecule has 1 aliphatic rings. The van der Waals surface area contributed by atoms with Crippen LogP contribution >= 0.6 is 0 Å². The maximum atomic E-state index is 6.21. The van der Waals surface area contributed by atoms with Crippen molar-refractivity contribution in [3.63, 3.8) is 0 Å². The first-order valence-electron chi connectivity index (χ1n) is 5.68. The van der Waals surface area contributed by atoms with Crippen LogP contribution in [0.5, 0.6) is 0 Å². The summed E-state index contributed by atoms with van der Waals surface area (Å²) in [5.41, 5.74) is 8.59. The molecule has 1 heterocycles. The largest absolute Gasteiger partial charge is 0.479 e. The van der Waals surface area contributed by atoms with Crippen molar-refractivity contribution in [1.29, 1.82) is 0 Å². The molecule has 3 nitrogen and oxygen atoms in total. The van der Waals surface area contributed by atoms with E-state index in [1.54, 1.807) is 0 Å². The molecule has 0 aromatic heterocycles. The zero-order chi connectivity index (χ0) is 11.5. The Kier molecular flexibility index (Phi) is 3.25. The molecule has 2 rings (SSSR count). The quantitative estimate of drug-likeness (QED) is 0.844. The smallest absolute Gasteiger partial charge is 0.188 e. The Bertz CT molecular complexity index is 383. The maximum absolute atomic E-state index is 6.21. The minimum Gasteiger partial charge on any atom is -0.479 e. The number of hydrogen-bond donors (Lipinski definition) is 1. The zero-order valence-corrected chi connectivity index (χ0v) is 9.81. The molecule has 0 amide bonds. The monoisotopic (exact) mass is 218 g/mol. The van der Waals surface area contributed by atoms with E-state index < -0.39 is 0 Å². The fourth-order valence-corrected chi connectivity index (χ4v) is 1.86. The van der Waals surface area contributed by atoms with Gasteiger partial charge < -0.3 is 10.5 Å². The summed E-state index contributed by atoms with van der Waals surface area (Å²) in [5, 5.41) is 0. The normalized spacial score (nSPS) is 18.8. The molecule has 1 aromatic carbocycles. The van der Waals surface area contributed by atoms with Crippen molar-refractivity contribution in [2.45, 2.75) is 19.9 Å². The lowest BCUT2D eigenvalue weighted by Crippen LogP contribution is -2.26.